The van der Waals surface area contributed by atoms with E-state index in [1.807, 2.05) is 0 Å². The van der Waals surface area contributed by atoms with Crippen LogP contribution in [0.4, 0.5) is 0 Å². The van der Waals surface area contributed by atoms with Crippen molar-refractivity contribution in [1.29, 1.82) is 0 Å². The van der Waals surface area contributed by atoms with Gasteiger partial charge in [-0.25, -0.2) is 0 Å². The molecule has 2 unspecified atom stereocenters. The van der Waals surface area contributed by atoms with Gasteiger partial charge < -0.3 is 10.2 Å². The molecule has 1 heterocycles. The van der Waals surface area contributed by atoms with E-state index in [-0.39, 0.29) is 23.8 Å². The molecule has 2 amide bonds. The van der Waals surface area contributed by atoms with Crippen LogP contribution in [0.2, 0.25) is 12.1 Å². The fourth-order valence-electron chi connectivity index (χ4n) is 5.98. The van der Waals surface area contributed by atoms with Gasteiger partial charge in [0.05, 0.1) is 12.0 Å². The van der Waals surface area contributed by atoms with Crippen molar-refractivity contribution in [3.05, 3.63) is 0 Å². The van der Waals surface area contributed by atoms with Crippen LogP contribution in [0.5, 0.6) is 0 Å². The topological polar surface area (TPSA) is 61.8 Å². The van der Waals surface area contributed by atoms with E-state index in [2.05, 4.69) is 24.4 Å². The van der Waals surface area contributed by atoms with Crippen LogP contribution in [0.1, 0.15) is 122 Å². The molecule has 2 atom stereocenters. The van der Waals surface area contributed by atoms with E-state index in [4.69, 9.17) is 4.99 Å². The number of amides is 2. The Labute approximate surface area is 209 Å². The molecule has 1 aliphatic heterocycles. The highest BCUT2D eigenvalue weighted by molar-refractivity contribution is 6.37. The van der Waals surface area contributed by atoms with Gasteiger partial charge in [-0.05, 0) is 19.3 Å². The first kappa shape index (κ1) is 27.3. The van der Waals surface area contributed by atoms with Crippen LogP contribution in [-0.2, 0) is 9.59 Å². The summed E-state index contributed by atoms with van der Waals surface area (Å²) in [6.45, 7) is 3.86. The Morgan fingerprint density at radius 3 is 2.29 bits per heavy atom. The van der Waals surface area contributed by atoms with Gasteiger partial charge in [0, 0.05) is 25.9 Å². The average Bonchev–Trinajstić information content (AvgIpc) is 2.93. The SMILES string of the molecule is CCCCN(CC[B]C1CCCCCCC1)C(=O)CCC1=NC2CCCCCCCC2C(=O)N1. The van der Waals surface area contributed by atoms with E-state index in [0.717, 1.165) is 69.6 Å². The van der Waals surface area contributed by atoms with E-state index in [9.17, 15) is 9.59 Å². The third-order valence-corrected chi connectivity index (χ3v) is 8.16. The summed E-state index contributed by atoms with van der Waals surface area (Å²) in [6.07, 6.45) is 21.7. The Kier molecular flexibility index (Phi) is 12.5. The number of unbranched alkanes of at least 4 members (excludes halogenated alkanes) is 1. The van der Waals surface area contributed by atoms with Crippen LogP contribution in [0.15, 0.2) is 4.99 Å². The maximum Gasteiger partial charge on any atom is 0.230 e. The van der Waals surface area contributed by atoms with Crippen LogP contribution in [0.25, 0.3) is 0 Å². The lowest BCUT2D eigenvalue weighted by molar-refractivity contribution is -0.131. The zero-order chi connectivity index (χ0) is 24.0. The summed E-state index contributed by atoms with van der Waals surface area (Å²) in [5.41, 5.74) is 0. The second kappa shape index (κ2) is 15.6. The minimum absolute atomic E-state index is 0.0300. The van der Waals surface area contributed by atoms with E-state index >= 15 is 0 Å². The Balaban J connectivity index is 1.48. The predicted molar refractivity (Wildman–Crippen MR) is 143 cm³/mol. The smallest absolute Gasteiger partial charge is 0.230 e. The number of carbonyl (C=O) groups is 2. The highest BCUT2D eigenvalue weighted by Gasteiger charge is 2.33. The number of hydrogen-bond acceptors (Lipinski definition) is 3. The van der Waals surface area contributed by atoms with Crippen molar-refractivity contribution >= 4 is 24.9 Å². The molecular weight excluding hydrogens is 421 g/mol. The first-order valence-electron chi connectivity index (χ1n) is 14.7. The first-order chi connectivity index (χ1) is 16.7. The Morgan fingerprint density at radius 2 is 1.59 bits per heavy atom. The van der Waals surface area contributed by atoms with Gasteiger partial charge in [0.2, 0.25) is 11.8 Å². The number of hydrogen-bond donors (Lipinski definition) is 1. The van der Waals surface area contributed by atoms with Crippen LogP contribution < -0.4 is 5.32 Å². The number of rotatable bonds is 10. The monoisotopic (exact) mass is 470 g/mol. The molecular formula is C28H49BN3O2. The molecule has 5 nitrogen and oxygen atoms in total. The maximum atomic E-state index is 13.1. The van der Waals surface area contributed by atoms with E-state index in [0.29, 0.717) is 12.8 Å². The summed E-state index contributed by atoms with van der Waals surface area (Å²) < 4.78 is 0. The van der Waals surface area contributed by atoms with E-state index in [1.54, 1.807) is 0 Å². The summed E-state index contributed by atoms with van der Waals surface area (Å²) in [6, 6.07) is 0.117. The van der Waals surface area contributed by atoms with Gasteiger partial charge in [-0.2, -0.15) is 0 Å². The number of aliphatic imine (C=N–C) groups is 1. The van der Waals surface area contributed by atoms with Gasteiger partial charge in [-0.1, -0.05) is 103 Å². The zero-order valence-electron chi connectivity index (χ0n) is 21.9. The molecule has 1 N–H and O–H groups in total. The van der Waals surface area contributed by atoms with Gasteiger partial charge in [-0.3, -0.25) is 14.6 Å². The number of nitrogens with one attached hydrogen (secondary N) is 1. The minimum atomic E-state index is 0.0300. The van der Waals surface area contributed by atoms with E-state index < -0.39 is 0 Å². The predicted octanol–water partition coefficient (Wildman–Crippen LogP) is 6.31. The van der Waals surface area contributed by atoms with Crippen LogP contribution in [0, 0.1) is 5.92 Å². The molecule has 0 aromatic carbocycles. The standard InChI is InChI=1S/C28H49BN3O2/c1-2-3-21-32(22-20-29-23-14-10-6-4-7-11-15-23)27(33)19-18-26-30-25-17-13-9-5-8-12-16-24(25)28(34)31-26/h23-25H,2-22H2,1H3,(H,30,31,34). The maximum absolute atomic E-state index is 13.1. The molecule has 191 valence electrons. The summed E-state index contributed by atoms with van der Waals surface area (Å²) in [4.78, 5) is 32.9. The highest BCUT2D eigenvalue weighted by atomic mass is 16.2. The molecule has 3 rings (SSSR count). The van der Waals surface area contributed by atoms with Crippen LogP contribution >= 0.6 is 0 Å². The van der Waals surface area contributed by atoms with Crippen molar-refractivity contribution in [2.45, 2.75) is 141 Å². The molecule has 0 saturated heterocycles. The van der Waals surface area contributed by atoms with Crippen molar-refractivity contribution in [2.75, 3.05) is 13.1 Å². The Hall–Kier alpha value is -1.33. The molecule has 2 saturated carbocycles. The second-order valence-electron chi connectivity index (χ2n) is 10.9. The molecule has 0 spiro atoms. The molecule has 34 heavy (non-hydrogen) atoms. The third-order valence-electron chi connectivity index (χ3n) is 8.16. The highest BCUT2D eigenvalue weighted by Crippen LogP contribution is 2.28. The van der Waals surface area contributed by atoms with Gasteiger partial charge in [0.25, 0.3) is 0 Å². The van der Waals surface area contributed by atoms with Crippen molar-refractivity contribution in [1.82, 2.24) is 10.2 Å². The number of fused-ring (bicyclic) bond motifs is 1. The molecule has 2 aliphatic carbocycles. The van der Waals surface area contributed by atoms with Crippen molar-refractivity contribution < 1.29 is 9.59 Å². The Bertz CT molecular complexity index is 646. The van der Waals surface area contributed by atoms with Gasteiger partial charge in [0.1, 0.15) is 13.1 Å². The zero-order valence-corrected chi connectivity index (χ0v) is 21.9. The Morgan fingerprint density at radius 1 is 0.941 bits per heavy atom. The molecule has 0 aromatic rings. The largest absolute Gasteiger partial charge is 0.343 e. The molecule has 0 bridgehead atoms. The average molecular weight is 471 g/mol. The molecule has 1 radical (unpaired) electrons. The lowest BCUT2D eigenvalue weighted by Gasteiger charge is -2.29. The normalized spacial score (nSPS) is 24.9. The van der Waals surface area contributed by atoms with Crippen molar-refractivity contribution in [3.63, 3.8) is 0 Å². The third kappa shape index (κ3) is 9.38. The second-order valence-corrected chi connectivity index (χ2v) is 10.9. The summed E-state index contributed by atoms with van der Waals surface area (Å²) in [5.74, 6) is 1.86. The van der Waals surface area contributed by atoms with Crippen molar-refractivity contribution in [2.24, 2.45) is 10.9 Å². The summed E-state index contributed by atoms with van der Waals surface area (Å²) in [7, 11) is 2.50. The van der Waals surface area contributed by atoms with Crippen LogP contribution in [0.3, 0.4) is 0 Å². The molecule has 0 aromatic heterocycles. The minimum Gasteiger partial charge on any atom is -0.343 e. The molecule has 2 fully saturated rings. The number of nitrogens with zero attached hydrogens (tertiary/aromatic N) is 2. The molecule has 3 aliphatic rings. The van der Waals surface area contributed by atoms with Crippen molar-refractivity contribution in [3.8, 4) is 0 Å². The van der Waals surface area contributed by atoms with Gasteiger partial charge in [0.15, 0.2) is 0 Å². The fraction of sp³-hybridized carbons (Fsp3) is 0.893. The fourth-order valence-corrected chi connectivity index (χ4v) is 5.98. The quantitative estimate of drug-likeness (QED) is 0.381. The molecule has 6 heteroatoms. The number of carbonyl (C=O) groups excluding carboxylic acids is 2. The summed E-state index contributed by atoms with van der Waals surface area (Å²) in [5, 5.41) is 3.05. The lowest BCUT2D eigenvalue weighted by atomic mass is 9.58. The first-order valence-corrected chi connectivity index (χ1v) is 14.7. The van der Waals surface area contributed by atoms with Gasteiger partial charge >= 0.3 is 0 Å². The summed E-state index contributed by atoms with van der Waals surface area (Å²) >= 11 is 0. The van der Waals surface area contributed by atoms with Gasteiger partial charge in [-0.15, -0.1) is 0 Å². The van der Waals surface area contributed by atoms with Crippen LogP contribution in [-0.4, -0.2) is 49.0 Å². The van der Waals surface area contributed by atoms with E-state index in [1.165, 1.54) is 64.2 Å². The lowest BCUT2D eigenvalue weighted by Crippen LogP contribution is -2.46. The number of amidine groups is 1.